The van der Waals surface area contributed by atoms with Crippen LogP contribution in [0.1, 0.15) is 48.8 Å². The fraction of sp³-hybridized carbons (Fsp3) is 0.636. The van der Waals surface area contributed by atoms with Crippen molar-refractivity contribution in [3.8, 4) is 0 Å². The molecule has 2 aromatic rings. The summed E-state index contributed by atoms with van der Waals surface area (Å²) < 4.78 is 40.0. The van der Waals surface area contributed by atoms with Crippen molar-refractivity contribution in [2.24, 2.45) is 5.92 Å². The second-order valence-corrected chi connectivity index (χ2v) is 8.66. The van der Waals surface area contributed by atoms with Crippen molar-refractivity contribution in [1.29, 1.82) is 0 Å². The van der Waals surface area contributed by atoms with Crippen LogP contribution in [0.15, 0.2) is 30.7 Å². The summed E-state index contributed by atoms with van der Waals surface area (Å²) in [5.41, 5.74) is 2.38. The van der Waals surface area contributed by atoms with Gasteiger partial charge in [0.15, 0.2) is 0 Å². The Hall–Kier alpha value is -1.93. The topological polar surface area (TPSA) is 37.2 Å². The number of likely N-dealkylation sites (tertiary alicyclic amines) is 2. The van der Waals surface area contributed by atoms with Gasteiger partial charge in [0.25, 0.3) is 0 Å². The lowest BCUT2D eigenvalue weighted by Gasteiger charge is -2.33. The molecule has 1 atom stereocenters. The minimum atomic E-state index is -4.11. The maximum atomic E-state index is 12.6. The van der Waals surface area contributed by atoms with E-state index >= 15 is 0 Å². The SMILES string of the molecule is Cc1cccnc1C1CCCN1Cc1nccn1CC1CCN(CC(F)(F)F)CC1. The van der Waals surface area contributed by atoms with Crippen LogP contribution in [-0.4, -0.2) is 56.7 Å². The Kier molecular flexibility index (Phi) is 6.43. The van der Waals surface area contributed by atoms with E-state index in [1.165, 1.54) is 10.5 Å². The van der Waals surface area contributed by atoms with Gasteiger partial charge in [0.05, 0.1) is 24.8 Å². The van der Waals surface area contributed by atoms with Gasteiger partial charge in [-0.25, -0.2) is 4.98 Å². The van der Waals surface area contributed by atoms with Crippen molar-refractivity contribution < 1.29 is 13.2 Å². The van der Waals surface area contributed by atoms with Gasteiger partial charge < -0.3 is 4.57 Å². The zero-order valence-electron chi connectivity index (χ0n) is 17.5. The first-order valence-corrected chi connectivity index (χ1v) is 10.8. The summed E-state index contributed by atoms with van der Waals surface area (Å²) in [6.07, 6.45) is 5.46. The number of pyridine rings is 1. The molecule has 0 bridgehead atoms. The molecule has 1 unspecified atom stereocenters. The van der Waals surface area contributed by atoms with Gasteiger partial charge in [0.2, 0.25) is 0 Å². The van der Waals surface area contributed by atoms with E-state index in [-0.39, 0.29) is 0 Å². The predicted octanol–water partition coefficient (Wildman–Crippen LogP) is 4.20. The highest BCUT2D eigenvalue weighted by Crippen LogP contribution is 2.33. The molecule has 0 saturated carbocycles. The number of aromatic nitrogens is 3. The minimum Gasteiger partial charge on any atom is -0.334 e. The second kappa shape index (κ2) is 9.06. The molecule has 4 rings (SSSR count). The molecule has 2 aromatic heterocycles. The largest absolute Gasteiger partial charge is 0.401 e. The molecule has 0 N–H and O–H groups in total. The highest BCUT2D eigenvalue weighted by atomic mass is 19.4. The van der Waals surface area contributed by atoms with Crippen LogP contribution in [0.4, 0.5) is 13.2 Å². The summed E-state index contributed by atoms with van der Waals surface area (Å²) in [7, 11) is 0. The van der Waals surface area contributed by atoms with Gasteiger partial charge in [-0.15, -0.1) is 0 Å². The maximum Gasteiger partial charge on any atom is 0.401 e. The first-order chi connectivity index (χ1) is 14.4. The molecule has 0 aromatic carbocycles. The van der Waals surface area contributed by atoms with Gasteiger partial charge in [-0.3, -0.25) is 14.8 Å². The average molecular weight is 422 g/mol. The molecule has 2 fully saturated rings. The molecule has 0 amide bonds. The summed E-state index contributed by atoms with van der Waals surface area (Å²) in [6, 6.07) is 4.41. The molecule has 0 radical (unpaired) electrons. The van der Waals surface area contributed by atoms with Gasteiger partial charge in [-0.1, -0.05) is 6.07 Å². The zero-order valence-corrected chi connectivity index (χ0v) is 17.5. The van der Waals surface area contributed by atoms with E-state index in [9.17, 15) is 13.2 Å². The third-order valence-corrected chi connectivity index (χ3v) is 6.44. The summed E-state index contributed by atoms with van der Waals surface area (Å²) >= 11 is 0. The smallest absolute Gasteiger partial charge is 0.334 e. The monoisotopic (exact) mass is 421 g/mol. The van der Waals surface area contributed by atoms with Crippen LogP contribution in [0.5, 0.6) is 0 Å². The Balaban J connectivity index is 1.36. The van der Waals surface area contributed by atoms with Crippen molar-refractivity contribution in [2.75, 3.05) is 26.2 Å². The standard InChI is InChI=1S/C22H30F3N5/c1-17-4-2-8-27-21(17)19-5-3-10-29(19)15-20-26-9-13-30(20)14-18-6-11-28(12-7-18)16-22(23,24)25/h2,4,8-9,13,18-19H,3,5-7,10-12,14-16H2,1H3. The zero-order chi connectivity index (χ0) is 21.1. The van der Waals surface area contributed by atoms with E-state index in [1.807, 2.05) is 24.7 Å². The third-order valence-electron chi connectivity index (χ3n) is 6.44. The van der Waals surface area contributed by atoms with Crippen LogP contribution >= 0.6 is 0 Å². The fourth-order valence-electron chi connectivity index (χ4n) is 4.87. The van der Waals surface area contributed by atoms with Crippen molar-refractivity contribution in [3.63, 3.8) is 0 Å². The Morgan fingerprint density at radius 3 is 2.60 bits per heavy atom. The Morgan fingerprint density at radius 1 is 1.07 bits per heavy atom. The van der Waals surface area contributed by atoms with Gasteiger partial charge in [0.1, 0.15) is 5.82 Å². The Bertz CT molecular complexity index is 826. The van der Waals surface area contributed by atoms with E-state index < -0.39 is 12.7 Å². The molecular formula is C22H30F3N5. The highest BCUT2D eigenvalue weighted by molar-refractivity contribution is 5.22. The van der Waals surface area contributed by atoms with Gasteiger partial charge in [0, 0.05) is 25.1 Å². The second-order valence-electron chi connectivity index (χ2n) is 8.66. The number of rotatable bonds is 6. The number of hydrogen-bond donors (Lipinski definition) is 0. The molecular weight excluding hydrogens is 391 g/mol. The first kappa shape index (κ1) is 21.3. The molecule has 5 nitrogen and oxygen atoms in total. The summed E-state index contributed by atoms with van der Waals surface area (Å²) in [5.74, 6) is 1.43. The lowest BCUT2D eigenvalue weighted by atomic mass is 9.96. The number of aryl methyl sites for hydroxylation is 1. The number of alkyl halides is 3. The average Bonchev–Trinajstić information content (AvgIpc) is 3.33. The van der Waals surface area contributed by atoms with Gasteiger partial charge in [-0.2, -0.15) is 13.2 Å². The minimum absolute atomic E-state index is 0.321. The summed E-state index contributed by atoms with van der Waals surface area (Å²) in [6.45, 7) is 4.99. The van der Waals surface area contributed by atoms with Crippen molar-refractivity contribution >= 4 is 0 Å². The van der Waals surface area contributed by atoms with Crippen molar-refractivity contribution in [3.05, 3.63) is 47.8 Å². The Labute approximate surface area is 175 Å². The predicted molar refractivity (Wildman–Crippen MR) is 109 cm³/mol. The quantitative estimate of drug-likeness (QED) is 0.701. The lowest BCUT2D eigenvalue weighted by Crippen LogP contribution is -2.40. The lowest BCUT2D eigenvalue weighted by molar-refractivity contribution is -0.148. The van der Waals surface area contributed by atoms with Crippen LogP contribution < -0.4 is 0 Å². The summed E-state index contributed by atoms with van der Waals surface area (Å²) in [4.78, 5) is 13.2. The van der Waals surface area contributed by atoms with Crippen molar-refractivity contribution in [2.45, 2.75) is 57.9 Å². The molecule has 0 aliphatic carbocycles. The number of hydrogen-bond acceptors (Lipinski definition) is 4. The first-order valence-electron chi connectivity index (χ1n) is 10.8. The molecule has 0 spiro atoms. The fourth-order valence-corrected chi connectivity index (χ4v) is 4.87. The number of halogens is 3. The molecule has 2 aliphatic rings. The Morgan fingerprint density at radius 2 is 1.87 bits per heavy atom. The number of piperidine rings is 1. The van der Waals surface area contributed by atoms with Crippen molar-refractivity contribution in [1.82, 2.24) is 24.3 Å². The van der Waals surface area contributed by atoms with Crippen LogP contribution in [0.3, 0.4) is 0 Å². The normalized spacial score (nSPS) is 22.1. The molecule has 2 saturated heterocycles. The number of nitrogens with zero attached hydrogens (tertiary/aromatic N) is 5. The van der Waals surface area contributed by atoms with E-state index in [2.05, 4.69) is 32.4 Å². The van der Waals surface area contributed by atoms with Gasteiger partial charge >= 0.3 is 6.18 Å². The highest BCUT2D eigenvalue weighted by Gasteiger charge is 2.33. The van der Waals surface area contributed by atoms with Crippen LogP contribution in [0, 0.1) is 12.8 Å². The molecule has 30 heavy (non-hydrogen) atoms. The van der Waals surface area contributed by atoms with Crippen LogP contribution in [-0.2, 0) is 13.1 Å². The van der Waals surface area contributed by atoms with E-state index in [0.29, 0.717) is 25.0 Å². The molecule has 8 heteroatoms. The third kappa shape index (κ3) is 5.21. The molecule has 4 heterocycles. The van der Waals surface area contributed by atoms with E-state index in [1.54, 1.807) is 0 Å². The summed E-state index contributed by atoms with van der Waals surface area (Å²) in [5, 5.41) is 0. The molecule has 2 aliphatic heterocycles. The van der Waals surface area contributed by atoms with E-state index in [0.717, 1.165) is 56.8 Å². The van der Waals surface area contributed by atoms with E-state index in [4.69, 9.17) is 0 Å². The van der Waals surface area contributed by atoms with Gasteiger partial charge in [-0.05, 0) is 69.8 Å². The number of imidazole rings is 1. The van der Waals surface area contributed by atoms with Crippen LogP contribution in [0.25, 0.3) is 0 Å². The maximum absolute atomic E-state index is 12.6. The van der Waals surface area contributed by atoms with Crippen LogP contribution in [0.2, 0.25) is 0 Å². The molecule has 164 valence electrons.